The lowest BCUT2D eigenvalue weighted by Gasteiger charge is -2.25. The number of hydrogen-bond acceptors (Lipinski definition) is 12. The van der Waals surface area contributed by atoms with Crippen molar-refractivity contribution in [3.05, 3.63) is 114 Å². The molecular formula is C49H54F2N12OS. The van der Waals surface area contributed by atoms with Gasteiger partial charge in [0.25, 0.3) is 0 Å². The Balaban J connectivity index is 0.000000391. The number of H-pyrrole nitrogens is 1. The highest BCUT2D eigenvalue weighted by Crippen LogP contribution is 2.41. The van der Waals surface area contributed by atoms with Gasteiger partial charge in [0.1, 0.15) is 47.4 Å². The quantitative estimate of drug-likeness (QED) is 0.133. The van der Waals surface area contributed by atoms with Crippen molar-refractivity contribution >= 4 is 45.1 Å². The number of fused-ring (bicyclic) bond motifs is 4. The molecule has 7 aromatic rings. The fourth-order valence-corrected chi connectivity index (χ4v) is 8.94. The van der Waals surface area contributed by atoms with Crippen LogP contribution in [0.25, 0.3) is 32.9 Å². The SMILES string of the molecule is C.C#Cc1c(F)ccc2cccc(-c3ncc4c(N5CC6CC5=CN6)nc(OC5CCN(c6ccc(Sn7cnc(C8CC8)n7)cc6)C5)nc4c3F)c12.CC.CC.c1n[nH]c(C2CC2)n1. The normalized spacial score (nSPS) is 18.0. The van der Waals surface area contributed by atoms with Crippen LogP contribution < -0.4 is 19.9 Å². The zero-order chi connectivity index (χ0) is 44.3. The fraction of sp³-hybridized carbons (Fsp3) is 0.367. The summed E-state index contributed by atoms with van der Waals surface area (Å²) in [6.45, 7) is 10.1. The van der Waals surface area contributed by atoms with E-state index in [-0.39, 0.29) is 42.4 Å². The predicted molar refractivity (Wildman–Crippen MR) is 254 cm³/mol. The minimum absolute atomic E-state index is 0. The van der Waals surface area contributed by atoms with Crippen molar-refractivity contribution in [1.29, 1.82) is 0 Å². The number of terminal acetylenes is 1. The van der Waals surface area contributed by atoms with Crippen LogP contribution in [0.15, 0.2) is 90.2 Å². The molecule has 2 saturated carbocycles. The van der Waals surface area contributed by atoms with Crippen molar-refractivity contribution in [2.45, 2.75) is 103 Å². The van der Waals surface area contributed by atoms with E-state index in [1.54, 1.807) is 37.1 Å². The molecule has 2 atom stereocenters. The molecule has 65 heavy (non-hydrogen) atoms. The van der Waals surface area contributed by atoms with E-state index in [2.05, 4.69) is 80.5 Å². The number of hydrogen-bond donors (Lipinski definition) is 2. The van der Waals surface area contributed by atoms with E-state index >= 15 is 4.39 Å². The third kappa shape index (κ3) is 9.33. The molecule has 0 spiro atoms. The Morgan fingerprint density at radius 3 is 2.38 bits per heavy atom. The molecule has 0 radical (unpaired) electrons. The molecule has 12 rings (SSSR count). The van der Waals surface area contributed by atoms with Crippen molar-refractivity contribution in [3.63, 3.8) is 0 Å². The van der Waals surface area contributed by atoms with Gasteiger partial charge in [-0.15, -0.1) is 11.5 Å². The summed E-state index contributed by atoms with van der Waals surface area (Å²) in [4.78, 5) is 28.0. The van der Waals surface area contributed by atoms with Crippen LogP contribution in [0.1, 0.15) is 103 Å². The van der Waals surface area contributed by atoms with Gasteiger partial charge in [0.2, 0.25) is 0 Å². The Morgan fingerprint density at radius 2 is 1.69 bits per heavy atom. The van der Waals surface area contributed by atoms with E-state index < -0.39 is 11.6 Å². The number of nitrogens with zero attached hydrogens (tertiary/aromatic N) is 10. The van der Waals surface area contributed by atoms with Crippen LogP contribution in [0.3, 0.4) is 0 Å². The van der Waals surface area contributed by atoms with E-state index in [0.29, 0.717) is 52.5 Å². The fourth-order valence-electron chi connectivity index (χ4n) is 8.25. The summed E-state index contributed by atoms with van der Waals surface area (Å²) in [6, 6.07) is 17.0. The average molecular weight is 897 g/mol. The molecule has 4 fully saturated rings. The number of pyridine rings is 1. The van der Waals surface area contributed by atoms with Crippen molar-refractivity contribution in [2.24, 2.45) is 0 Å². The number of rotatable bonds is 9. The topological polar surface area (TPSA) is 139 Å². The van der Waals surface area contributed by atoms with Crippen LogP contribution in [0.5, 0.6) is 6.01 Å². The largest absolute Gasteiger partial charge is 0.458 e. The molecule has 3 aromatic carbocycles. The van der Waals surface area contributed by atoms with Crippen molar-refractivity contribution in [1.82, 2.24) is 49.6 Å². The molecular weight excluding hydrogens is 843 g/mol. The Kier molecular flexibility index (Phi) is 13.6. The Labute approximate surface area is 382 Å². The highest BCUT2D eigenvalue weighted by molar-refractivity contribution is 7.97. The third-order valence-electron chi connectivity index (χ3n) is 11.6. The molecule has 16 heteroatoms. The minimum atomic E-state index is -0.650. The van der Waals surface area contributed by atoms with Crippen molar-refractivity contribution in [2.75, 3.05) is 29.4 Å². The summed E-state index contributed by atoms with van der Waals surface area (Å²) in [5, 5.41) is 16.1. The van der Waals surface area contributed by atoms with Crippen LogP contribution in [0.4, 0.5) is 20.3 Å². The average Bonchev–Trinajstić information content (AvgIpc) is 3.96. The summed E-state index contributed by atoms with van der Waals surface area (Å²) >= 11 is 1.54. The number of aromatic nitrogens is 9. The molecule has 7 heterocycles. The van der Waals surface area contributed by atoms with Crippen LogP contribution in [-0.2, 0) is 0 Å². The van der Waals surface area contributed by atoms with Gasteiger partial charge in [-0.1, -0.05) is 65.3 Å². The van der Waals surface area contributed by atoms with Gasteiger partial charge in [0, 0.05) is 95.4 Å². The number of nitrogens with one attached hydrogen (secondary N) is 2. The van der Waals surface area contributed by atoms with E-state index in [4.69, 9.17) is 16.1 Å². The van der Waals surface area contributed by atoms with E-state index in [9.17, 15) is 4.39 Å². The second-order valence-corrected chi connectivity index (χ2v) is 16.8. The smallest absolute Gasteiger partial charge is 0.319 e. The molecule has 2 unspecified atom stereocenters. The number of halogens is 2. The summed E-state index contributed by atoms with van der Waals surface area (Å²) in [5.74, 6) is 5.00. The Morgan fingerprint density at radius 1 is 0.892 bits per heavy atom. The standard InChI is InChI=1S/C39H31F2N9OS.C5H7N3.2C2H6.CH4/c1-2-29-32(40)13-8-22-4-3-5-30(33(22)29)35-34(41)36-31(18-43-35)38(49-19-24-16-26(49)17-42-24)46-39(45-36)51-27-14-15-48(20-27)25-9-11-28(12-10-25)52-50-21-44-37(47-50)23-6-7-23;1-2-4(1)5-6-3-7-8-5;2*1-2;/h1,3-5,8-13,17-18,21,23-24,27,42H,6-7,14-16,19-20H2;3-4H,1-2H2,(H,6,7,8);2*1-2H3;1H4. The molecule has 4 aromatic heterocycles. The van der Waals surface area contributed by atoms with Gasteiger partial charge in [-0.05, 0) is 61.4 Å². The number of anilines is 2. The highest BCUT2D eigenvalue weighted by atomic mass is 32.2. The van der Waals surface area contributed by atoms with Crippen molar-refractivity contribution < 1.29 is 13.5 Å². The molecule has 5 aliphatic rings. The first-order valence-electron chi connectivity index (χ1n) is 22.2. The Bertz CT molecular complexity index is 2840. The first-order valence-corrected chi connectivity index (χ1v) is 23.0. The zero-order valence-corrected chi connectivity index (χ0v) is 37.1. The lowest BCUT2D eigenvalue weighted by Crippen LogP contribution is -2.33. The van der Waals surface area contributed by atoms with Crippen LogP contribution in [0.2, 0.25) is 0 Å². The van der Waals surface area contributed by atoms with Gasteiger partial charge in [-0.25, -0.2) is 18.7 Å². The maximum Gasteiger partial charge on any atom is 0.319 e. The van der Waals surface area contributed by atoms with E-state index in [1.807, 2.05) is 44.0 Å². The maximum atomic E-state index is 16.8. The Hall–Kier alpha value is -6.60. The molecule has 2 saturated heterocycles. The molecule has 2 aliphatic carbocycles. The second kappa shape index (κ2) is 19.6. The number of ether oxygens (including phenoxy) is 1. The third-order valence-corrected chi connectivity index (χ3v) is 12.5. The van der Waals surface area contributed by atoms with Crippen LogP contribution in [0, 0.1) is 24.0 Å². The van der Waals surface area contributed by atoms with Gasteiger partial charge >= 0.3 is 6.01 Å². The van der Waals surface area contributed by atoms with Gasteiger partial charge in [-0.3, -0.25) is 10.1 Å². The van der Waals surface area contributed by atoms with Gasteiger partial charge in [-0.2, -0.15) is 19.2 Å². The summed E-state index contributed by atoms with van der Waals surface area (Å²) in [7, 11) is 0. The van der Waals surface area contributed by atoms with Gasteiger partial charge in [0.05, 0.1) is 17.5 Å². The van der Waals surface area contributed by atoms with Crippen LogP contribution >= 0.6 is 11.9 Å². The monoisotopic (exact) mass is 896 g/mol. The second-order valence-electron chi connectivity index (χ2n) is 15.8. The first kappa shape index (κ1) is 45.0. The molecule has 2 bridgehead atoms. The molecule has 2 N–H and O–H groups in total. The molecule has 0 amide bonds. The minimum Gasteiger partial charge on any atom is -0.458 e. The molecule has 13 nitrogen and oxygen atoms in total. The zero-order valence-electron chi connectivity index (χ0n) is 36.3. The highest BCUT2D eigenvalue weighted by Gasteiger charge is 2.35. The summed E-state index contributed by atoms with van der Waals surface area (Å²) in [5.41, 5.74) is 2.70. The van der Waals surface area contributed by atoms with Crippen molar-refractivity contribution in [3.8, 4) is 29.6 Å². The first-order chi connectivity index (χ1) is 31.5. The lowest BCUT2D eigenvalue weighted by atomic mass is 9.96. The number of aromatic amines is 1. The molecule has 3 aliphatic heterocycles. The van der Waals surface area contributed by atoms with E-state index in [0.717, 1.165) is 47.3 Å². The van der Waals surface area contributed by atoms with Gasteiger partial charge < -0.3 is 19.9 Å². The van der Waals surface area contributed by atoms with Crippen LogP contribution in [-0.4, -0.2) is 76.1 Å². The van der Waals surface area contributed by atoms with E-state index in [1.165, 1.54) is 43.7 Å². The lowest BCUT2D eigenvalue weighted by molar-refractivity contribution is 0.207. The molecule has 336 valence electrons. The maximum absolute atomic E-state index is 16.8. The predicted octanol–water partition coefficient (Wildman–Crippen LogP) is 10.2. The van der Waals surface area contributed by atoms with Gasteiger partial charge in [0.15, 0.2) is 11.6 Å². The summed E-state index contributed by atoms with van der Waals surface area (Å²) in [6.07, 6.45) is 18.9. The number of benzene rings is 3. The summed E-state index contributed by atoms with van der Waals surface area (Å²) < 4.78 is 40.0.